The van der Waals surface area contributed by atoms with Crippen molar-refractivity contribution < 1.29 is 9.59 Å². The number of carbonyl (C=O) groups excluding carboxylic acids is 2. The van der Waals surface area contributed by atoms with Gasteiger partial charge in [0, 0.05) is 29.3 Å². The van der Waals surface area contributed by atoms with Crippen LogP contribution in [0.15, 0.2) is 71.8 Å². The van der Waals surface area contributed by atoms with Crippen LogP contribution in [0.3, 0.4) is 0 Å². The number of para-hydroxylation sites is 1. The molecule has 3 heteroatoms. The first-order valence-corrected chi connectivity index (χ1v) is 8.72. The summed E-state index contributed by atoms with van der Waals surface area (Å²) < 4.78 is 0. The van der Waals surface area contributed by atoms with Crippen LogP contribution in [0.2, 0.25) is 0 Å². The average Bonchev–Trinajstić information content (AvgIpc) is 2.90. The number of ketones is 2. The van der Waals surface area contributed by atoms with Gasteiger partial charge in [-0.25, -0.2) is 0 Å². The second-order valence-electron chi connectivity index (χ2n) is 7.05. The SMILES string of the molecule is CNc1ccccc1C(C)(C)/C(C)=C\C=C1C(=O)c2ccccc2C1=O. The molecule has 0 aliphatic heterocycles. The molecule has 0 heterocycles. The second-order valence-corrected chi connectivity index (χ2v) is 7.05. The zero-order chi connectivity index (χ0) is 18.9. The Morgan fingerprint density at radius 2 is 1.46 bits per heavy atom. The summed E-state index contributed by atoms with van der Waals surface area (Å²) in [5, 5.41) is 3.23. The predicted molar refractivity (Wildman–Crippen MR) is 106 cm³/mol. The molecule has 1 aliphatic rings. The van der Waals surface area contributed by atoms with Gasteiger partial charge in [-0.15, -0.1) is 0 Å². The van der Waals surface area contributed by atoms with Crippen molar-refractivity contribution >= 4 is 17.3 Å². The number of rotatable bonds is 4. The molecule has 26 heavy (non-hydrogen) atoms. The Bertz CT molecular complexity index is 911. The fraction of sp³-hybridized carbons (Fsp3) is 0.217. The highest BCUT2D eigenvalue weighted by molar-refractivity contribution is 6.39. The third-order valence-corrected chi connectivity index (χ3v) is 5.26. The molecule has 0 amide bonds. The molecule has 0 fully saturated rings. The molecule has 3 nitrogen and oxygen atoms in total. The van der Waals surface area contributed by atoms with E-state index in [2.05, 4.69) is 25.2 Å². The van der Waals surface area contributed by atoms with Gasteiger partial charge in [-0.3, -0.25) is 9.59 Å². The lowest BCUT2D eigenvalue weighted by Crippen LogP contribution is -2.20. The molecule has 0 bridgehead atoms. The summed E-state index contributed by atoms with van der Waals surface area (Å²) in [5.41, 5.74) is 4.30. The summed E-state index contributed by atoms with van der Waals surface area (Å²) >= 11 is 0. The number of anilines is 1. The fourth-order valence-corrected chi connectivity index (χ4v) is 3.30. The van der Waals surface area contributed by atoms with Gasteiger partial charge in [-0.2, -0.15) is 0 Å². The normalized spacial score (nSPS) is 14.5. The topological polar surface area (TPSA) is 46.2 Å². The molecular formula is C23H23NO2. The van der Waals surface area contributed by atoms with Gasteiger partial charge < -0.3 is 5.32 Å². The Hall–Kier alpha value is -2.94. The van der Waals surface area contributed by atoms with Crippen LogP contribution in [0, 0.1) is 0 Å². The Balaban J connectivity index is 1.97. The molecule has 3 rings (SSSR count). The number of fused-ring (bicyclic) bond motifs is 1. The highest BCUT2D eigenvalue weighted by Crippen LogP contribution is 2.36. The molecule has 1 aliphatic carbocycles. The zero-order valence-corrected chi connectivity index (χ0v) is 15.6. The van der Waals surface area contributed by atoms with Crippen LogP contribution in [-0.2, 0) is 5.41 Å². The van der Waals surface area contributed by atoms with Crippen molar-refractivity contribution in [1.29, 1.82) is 0 Å². The van der Waals surface area contributed by atoms with E-state index in [1.807, 2.05) is 38.2 Å². The van der Waals surface area contributed by atoms with E-state index in [4.69, 9.17) is 0 Å². The maximum absolute atomic E-state index is 12.5. The van der Waals surface area contributed by atoms with Gasteiger partial charge in [0.2, 0.25) is 0 Å². The first-order valence-electron chi connectivity index (χ1n) is 8.72. The van der Waals surface area contributed by atoms with E-state index in [0.717, 1.165) is 11.3 Å². The van der Waals surface area contributed by atoms with Crippen LogP contribution in [0.25, 0.3) is 0 Å². The minimum atomic E-state index is -0.242. The van der Waals surface area contributed by atoms with Gasteiger partial charge in [-0.1, -0.05) is 68.0 Å². The van der Waals surface area contributed by atoms with Crippen LogP contribution in [0.5, 0.6) is 0 Å². The second kappa shape index (κ2) is 6.75. The number of hydrogen-bond donors (Lipinski definition) is 1. The monoisotopic (exact) mass is 345 g/mol. The zero-order valence-electron chi connectivity index (χ0n) is 15.6. The van der Waals surface area contributed by atoms with Gasteiger partial charge in [-0.05, 0) is 24.6 Å². The van der Waals surface area contributed by atoms with Crippen molar-refractivity contribution in [2.75, 3.05) is 12.4 Å². The van der Waals surface area contributed by atoms with E-state index in [9.17, 15) is 9.59 Å². The molecule has 0 saturated heterocycles. The lowest BCUT2D eigenvalue weighted by molar-refractivity contribution is 0.0989. The fourth-order valence-electron chi connectivity index (χ4n) is 3.30. The molecule has 0 atom stereocenters. The molecule has 0 radical (unpaired) electrons. The number of benzene rings is 2. The van der Waals surface area contributed by atoms with Crippen molar-refractivity contribution in [3.8, 4) is 0 Å². The van der Waals surface area contributed by atoms with Gasteiger partial charge >= 0.3 is 0 Å². The Labute approximate surface area is 154 Å². The summed E-state index contributed by atoms with van der Waals surface area (Å²) in [4.78, 5) is 25.0. The number of nitrogens with one attached hydrogen (secondary N) is 1. The summed E-state index contributed by atoms with van der Waals surface area (Å²) in [7, 11) is 1.91. The van der Waals surface area contributed by atoms with Crippen molar-refractivity contribution in [1.82, 2.24) is 0 Å². The lowest BCUT2D eigenvalue weighted by atomic mass is 9.77. The Kier molecular flexibility index (Phi) is 4.64. The highest BCUT2D eigenvalue weighted by atomic mass is 16.2. The van der Waals surface area contributed by atoms with Crippen LogP contribution >= 0.6 is 0 Å². The maximum Gasteiger partial charge on any atom is 0.197 e. The van der Waals surface area contributed by atoms with E-state index in [1.54, 1.807) is 30.3 Å². The standard InChI is InChI=1S/C23H23NO2/c1-15(23(2,3)19-11-7-8-12-20(19)24-4)13-14-18-21(25)16-9-5-6-10-17(16)22(18)26/h5-14,24H,1-4H3/b15-13-. The van der Waals surface area contributed by atoms with E-state index < -0.39 is 0 Å². The minimum absolute atomic E-state index is 0.192. The number of carbonyl (C=O) groups is 2. The largest absolute Gasteiger partial charge is 0.388 e. The van der Waals surface area contributed by atoms with E-state index in [-0.39, 0.29) is 22.6 Å². The Morgan fingerprint density at radius 3 is 2.04 bits per heavy atom. The smallest absolute Gasteiger partial charge is 0.197 e. The minimum Gasteiger partial charge on any atom is -0.388 e. The molecule has 0 saturated carbocycles. The number of Topliss-reactive ketones (excluding diaryl/α,β-unsaturated/α-hetero) is 2. The average molecular weight is 345 g/mol. The highest BCUT2D eigenvalue weighted by Gasteiger charge is 2.32. The molecule has 2 aromatic carbocycles. The van der Waals surface area contributed by atoms with Gasteiger partial charge in [0.15, 0.2) is 11.6 Å². The van der Waals surface area contributed by atoms with Gasteiger partial charge in [0.1, 0.15) is 0 Å². The van der Waals surface area contributed by atoms with E-state index in [0.29, 0.717) is 11.1 Å². The molecule has 1 N–H and O–H groups in total. The number of hydrogen-bond acceptors (Lipinski definition) is 3. The quantitative estimate of drug-likeness (QED) is 0.629. The van der Waals surface area contributed by atoms with Crippen LogP contribution in [0.1, 0.15) is 47.1 Å². The lowest BCUT2D eigenvalue weighted by Gasteiger charge is -2.29. The van der Waals surface area contributed by atoms with Crippen molar-refractivity contribution in [2.24, 2.45) is 0 Å². The van der Waals surface area contributed by atoms with E-state index >= 15 is 0 Å². The Morgan fingerprint density at radius 1 is 0.923 bits per heavy atom. The summed E-state index contributed by atoms with van der Waals surface area (Å²) in [6, 6.07) is 15.1. The molecule has 0 spiro atoms. The van der Waals surface area contributed by atoms with Crippen LogP contribution < -0.4 is 5.32 Å². The van der Waals surface area contributed by atoms with Crippen molar-refractivity contribution in [3.05, 3.63) is 88.5 Å². The number of allylic oxidation sites excluding steroid dienone is 4. The summed E-state index contributed by atoms with van der Waals surface area (Å²) in [6.45, 7) is 6.31. The molecule has 0 unspecified atom stereocenters. The molecule has 0 aromatic heterocycles. The molecular weight excluding hydrogens is 322 g/mol. The molecule has 132 valence electrons. The first kappa shape index (κ1) is 17.9. The van der Waals surface area contributed by atoms with Gasteiger partial charge in [0.05, 0.1) is 5.57 Å². The predicted octanol–water partition coefficient (Wildman–Crippen LogP) is 4.96. The maximum atomic E-state index is 12.5. The van der Waals surface area contributed by atoms with Crippen LogP contribution in [0.4, 0.5) is 5.69 Å². The first-order chi connectivity index (χ1) is 12.4. The third-order valence-electron chi connectivity index (χ3n) is 5.26. The summed E-state index contributed by atoms with van der Waals surface area (Å²) in [6.07, 6.45) is 3.56. The van der Waals surface area contributed by atoms with Gasteiger partial charge in [0.25, 0.3) is 0 Å². The third kappa shape index (κ3) is 2.90. The summed E-state index contributed by atoms with van der Waals surface area (Å²) in [5.74, 6) is -0.383. The van der Waals surface area contributed by atoms with Crippen LogP contribution in [-0.4, -0.2) is 18.6 Å². The van der Waals surface area contributed by atoms with Crippen molar-refractivity contribution in [2.45, 2.75) is 26.2 Å². The van der Waals surface area contributed by atoms with Crippen molar-refractivity contribution in [3.63, 3.8) is 0 Å². The molecule has 2 aromatic rings. The van der Waals surface area contributed by atoms with E-state index in [1.165, 1.54) is 5.56 Å².